The Hall–Kier alpha value is -3.02. The number of carbonyl (C=O) groups excluding carboxylic acids is 2. The maximum Gasteiger partial charge on any atom is 0.261 e. The molecule has 2 fully saturated rings. The third-order valence-electron chi connectivity index (χ3n) is 6.78. The first-order valence-electron chi connectivity index (χ1n) is 12.5. The van der Waals surface area contributed by atoms with Gasteiger partial charge in [-0.2, -0.15) is 0 Å². The molecule has 9 nitrogen and oxygen atoms in total. The van der Waals surface area contributed by atoms with Crippen molar-refractivity contribution in [3.8, 4) is 5.69 Å². The highest BCUT2D eigenvalue weighted by atomic mass is 35.5. The Balaban J connectivity index is 1.25. The van der Waals surface area contributed by atoms with Crippen LogP contribution >= 0.6 is 22.9 Å². The Kier molecular flexibility index (Phi) is 8.55. The summed E-state index contributed by atoms with van der Waals surface area (Å²) in [6, 6.07) is 14.6. The summed E-state index contributed by atoms with van der Waals surface area (Å²) >= 11 is 7.23. The second-order valence-electron chi connectivity index (χ2n) is 9.34. The number of benzene rings is 1. The second-order valence-corrected chi connectivity index (χ2v) is 11.1. The normalized spacial score (nSPS) is 21.8. The molecule has 0 unspecified atom stereocenters. The van der Waals surface area contributed by atoms with E-state index in [2.05, 4.69) is 15.5 Å². The predicted molar refractivity (Wildman–Crippen MR) is 145 cm³/mol. The number of nitrogens with one attached hydrogen (secondary N) is 2. The van der Waals surface area contributed by atoms with E-state index in [-0.39, 0.29) is 35.6 Å². The zero-order chi connectivity index (χ0) is 26.5. The molecule has 1 aliphatic heterocycles. The topological polar surface area (TPSA) is 102 Å². The van der Waals surface area contributed by atoms with Gasteiger partial charge < -0.3 is 20.1 Å². The molecule has 1 saturated heterocycles. The Morgan fingerprint density at radius 1 is 0.974 bits per heavy atom. The molecule has 11 heteroatoms. The third kappa shape index (κ3) is 6.51. The molecule has 1 aromatic carbocycles. The number of pyridine rings is 1. The van der Waals surface area contributed by atoms with Crippen LogP contribution in [-0.2, 0) is 9.47 Å². The molecule has 5 rings (SSSR count). The molecule has 1 aliphatic carbocycles. The van der Waals surface area contributed by atoms with Crippen LogP contribution in [0.3, 0.4) is 0 Å². The minimum absolute atomic E-state index is 0.118. The van der Waals surface area contributed by atoms with Crippen molar-refractivity contribution in [2.45, 2.75) is 31.0 Å². The van der Waals surface area contributed by atoms with Gasteiger partial charge in [0, 0.05) is 36.6 Å². The highest BCUT2D eigenvalue weighted by Gasteiger charge is 2.37. The molecule has 2 aromatic heterocycles. The number of hydrogen-bond donors (Lipinski definition) is 2. The fraction of sp³-hybridized carbons (Fsp3) is 0.370. The summed E-state index contributed by atoms with van der Waals surface area (Å²) in [5.41, 5.74) is 0.985. The molecular weight excluding hydrogens is 528 g/mol. The van der Waals surface area contributed by atoms with Crippen LogP contribution in [0.2, 0.25) is 4.34 Å². The molecule has 2 amide bonds. The van der Waals surface area contributed by atoms with E-state index in [0.717, 1.165) is 13.1 Å². The van der Waals surface area contributed by atoms with Gasteiger partial charge in [0.2, 0.25) is 0 Å². The maximum absolute atomic E-state index is 13.2. The molecule has 1 saturated carbocycles. The Labute approximate surface area is 229 Å². The van der Waals surface area contributed by atoms with Crippen molar-refractivity contribution in [2.24, 2.45) is 0 Å². The van der Waals surface area contributed by atoms with Crippen molar-refractivity contribution in [1.29, 1.82) is 0 Å². The van der Waals surface area contributed by atoms with Crippen molar-refractivity contribution < 1.29 is 19.1 Å². The number of nitrogens with zero attached hydrogens (tertiary/aromatic N) is 2. The number of carbonyl (C=O) groups is 2. The number of aromatic nitrogens is 1. The van der Waals surface area contributed by atoms with Crippen molar-refractivity contribution in [3.05, 3.63) is 85.9 Å². The number of hydrogen-bond acceptors (Lipinski definition) is 7. The number of halogens is 1. The van der Waals surface area contributed by atoms with Crippen molar-refractivity contribution in [2.75, 3.05) is 33.0 Å². The van der Waals surface area contributed by atoms with E-state index in [1.165, 1.54) is 22.0 Å². The minimum Gasteiger partial charge on any atom is -0.379 e. The van der Waals surface area contributed by atoms with E-state index in [9.17, 15) is 14.4 Å². The molecule has 3 heterocycles. The molecule has 0 radical (unpaired) electrons. The average Bonchev–Trinajstić information content (AvgIpc) is 3.54. The summed E-state index contributed by atoms with van der Waals surface area (Å²) in [4.78, 5) is 40.8. The first kappa shape index (κ1) is 26.6. The monoisotopic (exact) mass is 556 g/mol. The summed E-state index contributed by atoms with van der Waals surface area (Å²) < 4.78 is 13.6. The lowest BCUT2D eigenvalue weighted by Crippen LogP contribution is -2.48. The standard InChI is InChI=1S/C27H29ClN4O5S/c28-24-9-8-23(38-24)27(35)30-22-16-20(37-17-31-11-13-36-14-12-31)15-21(22)29-26(34)18-4-6-19(7-5-18)32-10-2-1-3-25(32)33/h1-10,20-22H,11-17H2,(H,29,34)(H,30,35)/t20-,21-,22+/m0/s1. The van der Waals surface area contributed by atoms with Gasteiger partial charge in [-0.25, -0.2) is 0 Å². The molecule has 3 atom stereocenters. The van der Waals surface area contributed by atoms with Crippen LogP contribution in [0.1, 0.15) is 32.9 Å². The van der Waals surface area contributed by atoms with Gasteiger partial charge in [0.15, 0.2) is 0 Å². The van der Waals surface area contributed by atoms with Crippen LogP contribution in [0.25, 0.3) is 5.69 Å². The van der Waals surface area contributed by atoms with Crippen LogP contribution in [0.5, 0.6) is 0 Å². The molecule has 3 aromatic rings. The average molecular weight is 557 g/mol. The zero-order valence-electron chi connectivity index (χ0n) is 20.7. The van der Waals surface area contributed by atoms with Crippen LogP contribution in [-0.4, -0.2) is 72.5 Å². The largest absolute Gasteiger partial charge is 0.379 e. The van der Waals surface area contributed by atoms with Gasteiger partial charge in [0.05, 0.1) is 47.3 Å². The number of amides is 2. The minimum atomic E-state index is -0.312. The highest BCUT2D eigenvalue weighted by molar-refractivity contribution is 7.18. The molecule has 0 spiro atoms. The van der Waals surface area contributed by atoms with E-state index in [0.29, 0.717) is 53.3 Å². The van der Waals surface area contributed by atoms with E-state index >= 15 is 0 Å². The van der Waals surface area contributed by atoms with Crippen LogP contribution in [0.4, 0.5) is 0 Å². The van der Waals surface area contributed by atoms with E-state index in [1.54, 1.807) is 54.7 Å². The lowest BCUT2D eigenvalue weighted by atomic mass is 10.1. The lowest BCUT2D eigenvalue weighted by Gasteiger charge is -2.27. The fourth-order valence-electron chi connectivity index (χ4n) is 4.73. The van der Waals surface area contributed by atoms with E-state index in [4.69, 9.17) is 21.1 Å². The number of morpholine rings is 1. The van der Waals surface area contributed by atoms with Gasteiger partial charge >= 0.3 is 0 Å². The maximum atomic E-state index is 13.2. The summed E-state index contributed by atoms with van der Waals surface area (Å²) in [6.07, 6.45) is 2.72. The summed E-state index contributed by atoms with van der Waals surface area (Å²) in [7, 11) is 0. The quantitative estimate of drug-likeness (QED) is 0.442. The Bertz CT molecular complexity index is 1320. The third-order valence-corrected chi connectivity index (χ3v) is 8.01. The summed E-state index contributed by atoms with van der Waals surface area (Å²) in [5, 5.41) is 6.15. The van der Waals surface area contributed by atoms with Gasteiger partial charge in [-0.15, -0.1) is 11.3 Å². The Morgan fingerprint density at radius 2 is 1.68 bits per heavy atom. The molecule has 200 valence electrons. The number of ether oxygens (including phenoxy) is 2. The SMILES string of the molecule is O=C(N[C@H]1C[C@H](OCN2CCOCC2)C[C@H]1NC(=O)c1ccc(Cl)s1)c1ccc(-n2ccccc2=O)cc1. The summed E-state index contributed by atoms with van der Waals surface area (Å²) in [5.74, 6) is -0.480. The van der Waals surface area contributed by atoms with Gasteiger partial charge in [-0.3, -0.25) is 23.9 Å². The molecular formula is C27H29ClN4O5S. The fourth-order valence-corrected chi connectivity index (χ4v) is 5.68. The smallest absolute Gasteiger partial charge is 0.261 e. The van der Waals surface area contributed by atoms with Gasteiger partial charge in [0.1, 0.15) is 0 Å². The predicted octanol–water partition coefficient (Wildman–Crippen LogP) is 2.92. The first-order chi connectivity index (χ1) is 18.5. The van der Waals surface area contributed by atoms with E-state index < -0.39 is 0 Å². The van der Waals surface area contributed by atoms with Crippen LogP contribution < -0.4 is 16.2 Å². The number of rotatable bonds is 8. The highest BCUT2D eigenvalue weighted by Crippen LogP contribution is 2.26. The van der Waals surface area contributed by atoms with Crippen LogP contribution in [0, 0.1) is 0 Å². The zero-order valence-corrected chi connectivity index (χ0v) is 22.2. The molecule has 2 N–H and O–H groups in total. The molecule has 0 bridgehead atoms. The molecule has 38 heavy (non-hydrogen) atoms. The van der Waals surface area contributed by atoms with Gasteiger partial charge in [-0.05, 0) is 55.3 Å². The Morgan fingerprint density at radius 3 is 2.34 bits per heavy atom. The van der Waals surface area contributed by atoms with Crippen molar-refractivity contribution in [3.63, 3.8) is 0 Å². The first-order valence-corrected chi connectivity index (χ1v) is 13.7. The molecule has 2 aliphatic rings. The van der Waals surface area contributed by atoms with Gasteiger partial charge in [0.25, 0.3) is 17.4 Å². The summed E-state index contributed by atoms with van der Waals surface area (Å²) in [6.45, 7) is 3.49. The lowest BCUT2D eigenvalue weighted by molar-refractivity contribution is -0.0592. The van der Waals surface area contributed by atoms with E-state index in [1.807, 2.05) is 0 Å². The van der Waals surface area contributed by atoms with Crippen molar-refractivity contribution >= 4 is 34.8 Å². The number of thiophene rings is 1. The van der Waals surface area contributed by atoms with Crippen LogP contribution in [0.15, 0.2) is 65.6 Å². The second kappa shape index (κ2) is 12.2. The van der Waals surface area contributed by atoms with Crippen molar-refractivity contribution in [1.82, 2.24) is 20.1 Å². The van der Waals surface area contributed by atoms with Gasteiger partial charge in [-0.1, -0.05) is 17.7 Å².